The van der Waals surface area contributed by atoms with E-state index in [1.165, 1.54) is 12.1 Å². The molecule has 1 atom stereocenters. The average Bonchev–Trinajstić information content (AvgIpc) is 2.56. The first-order valence-corrected chi connectivity index (χ1v) is 7.91. The van der Waals surface area contributed by atoms with Gasteiger partial charge in [0, 0.05) is 17.3 Å². The lowest BCUT2D eigenvalue weighted by Gasteiger charge is -2.15. The Hall–Kier alpha value is -2.63. The number of H-pyrrole nitrogens is 1. The Bertz CT molecular complexity index is 786. The summed E-state index contributed by atoms with van der Waals surface area (Å²) in [6.45, 7) is 5.80. The van der Waals surface area contributed by atoms with Crippen molar-refractivity contribution in [2.75, 3.05) is 6.61 Å². The molecule has 0 fully saturated rings. The monoisotopic (exact) mass is 332 g/mol. The van der Waals surface area contributed by atoms with Crippen LogP contribution >= 0.6 is 0 Å². The van der Waals surface area contributed by atoms with Crippen LogP contribution in [0, 0.1) is 5.82 Å². The van der Waals surface area contributed by atoms with E-state index < -0.39 is 11.9 Å². The second-order valence-corrected chi connectivity index (χ2v) is 5.43. The van der Waals surface area contributed by atoms with Gasteiger partial charge in [-0.15, -0.1) is 0 Å². The number of aryl methyl sites for hydroxylation is 1. The van der Waals surface area contributed by atoms with Crippen molar-refractivity contribution in [2.24, 2.45) is 0 Å². The summed E-state index contributed by atoms with van der Waals surface area (Å²) >= 11 is 0. The van der Waals surface area contributed by atoms with Gasteiger partial charge in [0.1, 0.15) is 0 Å². The first-order chi connectivity index (χ1) is 11.4. The lowest BCUT2D eigenvalue weighted by Crippen LogP contribution is -2.28. The molecule has 0 unspecified atom stereocenters. The van der Waals surface area contributed by atoms with Gasteiger partial charge in [0.15, 0.2) is 11.6 Å². The minimum absolute atomic E-state index is 0.182. The number of nitrogens with one attached hydrogen (secondary N) is 2. The highest BCUT2D eigenvalue weighted by Gasteiger charge is 2.14. The smallest absolute Gasteiger partial charge is 0.252 e. The van der Waals surface area contributed by atoms with Crippen LogP contribution in [0.15, 0.2) is 35.1 Å². The van der Waals surface area contributed by atoms with Gasteiger partial charge in [0.2, 0.25) is 5.56 Å². The summed E-state index contributed by atoms with van der Waals surface area (Å²) in [4.78, 5) is 26.6. The standard InChI is InChI=1S/C18H21FN2O3/c1-4-14-8-13(10-17(22)21-14)18(23)20-11(3)12-6-7-16(24-5-2)15(19)9-12/h6-11H,4-5H2,1-3H3,(H,20,23)(H,21,22)/t11-/m0/s1. The van der Waals surface area contributed by atoms with Crippen molar-refractivity contribution in [3.8, 4) is 5.75 Å². The summed E-state index contributed by atoms with van der Waals surface area (Å²) in [5, 5.41) is 2.77. The number of amides is 1. The zero-order valence-corrected chi connectivity index (χ0v) is 14.0. The van der Waals surface area contributed by atoms with Gasteiger partial charge in [0.25, 0.3) is 5.91 Å². The zero-order chi connectivity index (χ0) is 17.7. The van der Waals surface area contributed by atoms with Crippen molar-refractivity contribution in [3.05, 3.63) is 63.3 Å². The van der Waals surface area contributed by atoms with Gasteiger partial charge < -0.3 is 15.0 Å². The maximum Gasteiger partial charge on any atom is 0.252 e. The molecule has 1 aromatic carbocycles. The molecule has 2 rings (SSSR count). The molecule has 1 amide bonds. The van der Waals surface area contributed by atoms with E-state index in [1.807, 2.05) is 6.92 Å². The molecule has 24 heavy (non-hydrogen) atoms. The third-order valence-electron chi connectivity index (χ3n) is 3.65. The second kappa shape index (κ2) is 7.77. The first-order valence-electron chi connectivity index (χ1n) is 7.91. The molecular weight excluding hydrogens is 311 g/mol. The Labute approximate surface area is 139 Å². The molecule has 5 nitrogen and oxygen atoms in total. The van der Waals surface area contributed by atoms with E-state index in [0.29, 0.717) is 24.3 Å². The maximum absolute atomic E-state index is 13.9. The van der Waals surface area contributed by atoms with Crippen LogP contribution in [0.2, 0.25) is 0 Å². The number of carbonyl (C=O) groups excluding carboxylic acids is 1. The van der Waals surface area contributed by atoms with E-state index in [0.717, 1.165) is 0 Å². The molecule has 0 spiro atoms. The summed E-state index contributed by atoms with van der Waals surface area (Å²) in [6.07, 6.45) is 0.621. The van der Waals surface area contributed by atoms with E-state index in [-0.39, 0.29) is 22.8 Å². The summed E-state index contributed by atoms with van der Waals surface area (Å²) in [5.74, 6) is -0.667. The van der Waals surface area contributed by atoms with E-state index in [1.54, 1.807) is 32.0 Å². The predicted octanol–water partition coefficient (Wildman–Crippen LogP) is 2.97. The van der Waals surface area contributed by atoms with E-state index >= 15 is 0 Å². The molecule has 1 heterocycles. The third kappa shape index (κ3) is 4.22. The molecule has 1 aromatic heterocycles. The fraction of sp³-hybridized carbons (Fsp3) is 0.333. The molecular formula is C18H21FN2O3. The zero-order valence-electron chi connectivity index (χ0n) is 14.0. The molecule has 0 bridgehead atoms. The largest absolute Gasteiger partial charge is 0.491 e. The number of ether oxygens (including phenoxy) is 1. The number of hydrogen-bond acceptors (Lipinski definition) is 3. The second-order valence-electron chi connectivity index (χ2n) is 5.43. The van der Waals surface area contributed by atoms with Crippen LogP contribution in [-0.4, -0.2) is 17.5 Å². The van der Waals surface area contributed by atoms with Crippen LogP contribution in [0.25, 0.3) is 0 Å². The molecule has 0 aliphatic heterocycles. The van der Waals surface area contributed by atoms with E-state index in [9.17, 15) is 14.0 Å². The Balaban J connectivity index is 2.15. The molecule has 0 saturated heterocycles. The highest BCUT2D eigenvalue weighted by Crippen LogP contribution is 2.22. The lowest BCUT2D eigenvalue weighted by molar-refractivity contribution is 0.0939. The minimum atomic E-state index is -0.472. The van der Waals surface area contributed by atoms with Gasteiger partial charge in [-0.1, -0.05) is 13.0 Å². The number of aromatic nitrogens is 1. The fourth-order valence-corrected chi connectivity index (χ4v) is 2.34. The number of rotatable bonds is 6. The average molecular weight is 332 g/mol. The van der Waals surface area contributed by atoms with Crippen LogP contribution in [0.1, 0.15) is 48.4 Å². The summed E-state index contributed by atoms with van der Waals surface area (Å²) in [5.41, 5.74) is 1.27. The van der Waals surface area contributed by atoms with Crippen molar-refractivity contribution in [3.63, 3.8) is 0 Å². The van der Waals surface area contributed by atoms with E-state index in [4.69, 9.17) is 4.74 Å². The SMILES string of the molecule is CCOc1ccc([C@H](C)NC(=O)c2cc(CC)[nH]c(=O)c2)cc1F. The minimum Gasteiger partial charge on any atom is -0.491 e. The van der Waals surface area contributed by atoms with E-state index in [2.05, 4.69) is 10.3 Å². The molecule has 2 N–H and O–H groups in total. The molecule has 0 aliphatic rings. The van der Waals surface area contributed by atoms with Gasteiger partial charge >= 0.3 is 0 Å². The number of aromatic amines is 1. The van der Waals surface area contributed by atoms with Gasteiger partial charge in [-0.2, -0.15) is 0 Å². The lowest BCUT2D eigenvalue weighted by atomic mass is 10.1. The first kappa shape index (κ1) is 17.7. The van der Waals surface area contributed by atoms with Crippen LogP contribution in [0.3, 0.4) is 0 Å². The molecule has 0 aliphatic carbocycles. The summed E-state index contributed by atoms with van der Waals surface area (Å²) in [7, 11) is 0. The highest BCUT2D eigenvalue weighted by molar-refractivity contribution is 5.94. The van der Waals surface area contributed by atoms with Crippen LogP contribution in [-0.2, 0) is 6.42 Å². The highest BCUT2D eigenvalue weighted by atomic mass is 19.1. The number of halogens is 1. The Kier molecular flexibility index (Phi) is 5.73. The number of carbonyl (C=O) groups is 1. The van der Waals surface area contributed by atoms with Gasteiger partial charge in [-0.05, 0) is 44.0 Å². The fourth-order valence-electron chi connectivity index (χ4n) is 2.34. The topological polar surface area (TPSA) is 71.2 Å². The van der Waals surface area contributed by atoms with Crippen molar-refractivity contribution in [2.45, 2.75) is 33.2 Å². The molecule has 0 saturated carbocycles. The van der Waals surface area contributed by atoms with Gasteiger partial charge in [-0.25, -0.2) is 4.39 Å². The predicted molar refractivity (Wildman–Crippen MR) is 89.9 cm³/mol. The van der Waals surface area contributed by atoms with Crippen molar-refractivity contribution in [1.82, 2.24) is 10.3 Å². The number of benzene rings is 1. The van der Waals surface area contributed by atoms with Crippen molar-refractivity contribution >= 4 is 5.91 Å². The van der Waals surface area contributed by atoms with Crippen molar-refractivity contribution < 1.29 is 13.9 Å². The van der Waals surface area contributed by atoms with Crippen molar-refractivity contribution in [1.29, 1.82) is 0 Å². The Morgan fingerprint density at radius 2 is 2.04 bits per heavy atom. The maximum atomic E-state index is 13.9. The Morgan fingerprint density at radius 1 is 1.29 bits per heavy atom. The molecule has 6 heteroatoms. The third-order valence-corrected chi connectivity index (χ3v) is 3.65. The van der Waals surface area contributed by atoms with Gasteiger partial charge in [0.05, 0.1) is 12.6 Å². The quantitative estimate of drug-likeness (QED) is 0.854. The molecule has 128 valence electrons. The van der Waals surface area contributed by atoms with Crippen LogP contribution < -0.4 is 15.6 Å². The summed E-state index contributed by atoms with van der Waals surface area (Å²) < 4.78 is 19.1. The van der Waals surface area contributed by atoms with Crippen LogP contribution in [0.4, 0.5) is 4.39 Å². The molecule has 0 radical (unpaired) electrons. The molecule has 2 aromatic rings. The number of hydrogen-bond donors (Lipinski definition) is 2. The Morgan fingerprint density at radius 3 is 2.67 bits per heavy atom. The van der Waals surface area contributed by atoms with Crippen LogP contribution in [0.5, 0.6) is 5.75 Å². The van der Waals surface area contributed by atoms with Gasteiger partial charge in [-0.3, -0.25) is 9.59 Å². The normalized spacial score (nSPS) is 11.8. The summed E-state index contributed by atoms with van der Waals surface area (Å²) in [6, 6.07) is 7.06. The number of pyridine rings is 1.